The van der Waals surface area contributed by atoms with Crippen LogP contribution in [0.5, 0.6) is 0 Å². The van der Waals surface area contributed by atoms with Crippen LogP contribution in [0.15, 0.2) is 0 Å². The van der Waals surface area contributed by atoms with Crippen molar-refractivity contribution >= 4 is 5.97 Å². The van der Waals surface area contributed by atoms with Crippen LogP contribution >= 0.6 is 0 Å². The first-order valence-corrected chi connectivity index (χ1v) is 6.14. The molecule has 1 fully saturated rings. The third-order valence-electron chi connectivity index (χ3n) is 4.23. The summed E-state index contributed by atoms with van der Waals surface area (Å²) in [4.78, 5) is 11.8. The molecule has 1 aliphatic carbocycles. The van der Waals surface area contributed by atoms with Gasteiger partial charge in [-0.3, -0.25) is 4.79 Å². The summed E-state index contributed by atoms with van der Waals surface area (Å²) in [6.45, 7) is 6.66. The Bertz CT molecular complexity index is 213. The van der Waals surface area contributed by atoms with E-state index >= 15 is 0 Å². The van der Waals surface area contributed by atoms with Crippen molar-refractivity contribution in [2.24, 2.45) is 17.3 Å². The molecule has 0 aromatic carbocycles. The maximum absolute atomic E-state index is 11.8. The molecule has 0 bridgehead atoms. The standard InChI is InChI=1S/C13H24O2/c1-5-13(12(14)15-4)8-6-11(7-9-13)10(2)3/h10-11H,5-9H2,1-4H3. The highest BCUT2D eigenvalue weighted by Gasteiger charge is 2.41. The Balaban J connectivity index is 2.62. The number of ether oxygens (including phenoxy) is 1. The Morgan fingerprint density at radius 3 is 2.27 bits per heavy atom. The number of hydrogen-bond acceptors (Lipinski definition) is 2. The molecule has 0 aromatic heterocycles. The molecule has 15 heavy (non-hydrogen) atoms. The molecule has 1 rings (SSSR count). The summed E-state index contributed by atoms with van der Waals surface area (Å²) in [7, 11) is 1.51. The van der Waals surface area contributed by atoms with Gasteiger partial charge in [0.1, 0.15) is 0 Å². The van der Waals surface area contributed by atoms with Gasteiger partial charge in [-0.15, -0.1) is 0 Å². The van der Waals surface area contributed by atoms with Gasteiger partial charge in [-0.05, 0) is 43.9 Å². The van der Waals surface area contributed by atoms with Crippen LogP contribution in [0.3, 0.4) is 0 Å². The Morgan fingerprint density at radius 1 is 1.40 bits per heavy atom. The quantitative estimate of drug-likeness (QED) is 0.670. The molecule has 1 aliphatic rings. The average molecular weight is 212 g/mol. The highest BCUT2D eigenvalue weighted by atomic mass is 16.5. The number of hydrogen-bond donors (Lipinski definition) is 0. The second-order valence-corrected chi connectivity index (χ2v) is 5.21. The normalized spacial score (nSPS) is 31.7. The molecule has 0 saturated heterocycles. The van der Waals surface area contributed by atoms with Crippen LogP contribution in [0.25, 0.3) is 0 Å². The van der Waals surface area contributed by atoms with Gasteiger partial charge in [0.15, 0.2) is 0 Å². The van der Waals surface area contributed by atoms with Crippen molar-refractivity contribution in [1.29, 1.82) is 0 Å². The summed E-state index contributed by atoms with van der Waals surface area (Å²) in [5.41, 5.74) is -0.167. The van der Waals surface area contributed by atoms with Gasteiger partial charge in [0.2, 0.25) is 0 Å². The lowest BCUT2D eigenvalue weighted by atomic mass is 9.67. The topological polar surface area (TPSA) is 26.3 Å². The predicted octanol–water partition coefficient (Wildman–Crippen LogP) is 3.40. The Morgan fingerprint density at radius 2 is 1.93 bits per heavy atom. The van der Waals surface area contributed by atoms with Crippen molar-refractivity contribution in [3.8, 4) is 0 Å². The van der Waals surface area contributed by atoms with Gasteiger partial charge in [0, 0.05) is 0 Å². The average Bonchev–Trinajstić information content (AvgIpc) is 2.27. The van der Waals surface area contributed by atoms with Gasteiger partial charge in [-0.1, -0.05) is 20.8 Å². The molecule has 0 radical (unpaired) electrons. The van der Waals surface area contributed by atoms with E-state index in [9.17, 15) is 4.79 Å². The highest BCUT2D eigenvalue weighted by Crippen LogP contribution is 2.44. The number of esters is 1. The smallest absolute Gasteiger partial charge is 0.311 e. The summed E-state index contributed by atoms with van der Waals surface area (Å²) in [6.07, 6.45) is 5.31. The summed E-state index contributed by atoms with van der Waals surface area (Å²) in [5, 5.41) is 0. The van der Waals surface area contributed by atoms with Crippen LogP contribution in [0.2, 0.25) is 0 Å². The van der Waals surface area contributed by atoms with Gasteiger partial charge < -0.3 is 4.74 Å². The lowest BCUT2D eigenvalue weighted by Gasteiger charge is -2.38. The molecule has 0 unspecified atom stereocenters. The maximum atomic E-state index is 11.8. The fourth-order valence-corrected chi connectivity index (χ4v) is 2.78. The van der Waals surface area contributed by atoms with Gasteiger partial charge in [-0.25, -0.2) is 0 Å². The molecule has 0 spiro atoms. The Kier molecular flexibility index (Phi) is 4.18. The summed E-state index contributed by atoms with van der Waals surface area (Å²) < 4.78 is 4.94. The number of carbonyl (C=O) groups is 1. The van der Waals surface area contributed by atoms with Crippen molar-refractivity contribution in [1.82, 2.24) is 0 Å². The first kappa shape index (κ1) is 12.5. The molecule has 0 N–H and O–H groups in total. The first-order chi connectivity index (χ1) is 7.05. The van der Waals surface area contributed by atoms with E-state index in [4.69, 9.17) is 4.74 Å². The molecule has 1 saturated carbocycles. The van der Waals surface area contributed by atoms with Crippen LogP contribution in [0.4, 0.5) is 0 Å². The molecule has 0 aliphatic heterocycles. The number of carbonyl (C=O) groups excluding carboxylic acids is 1. The van der Waals surface area contributed by atoms with E-state index in [1.165, 1.54) is 20.0 Å². The van der Waals surface area contributed by atoms with E-state index in [-0.39, 0.29) is 11.4 Å². The monoisotopic (exact) mass is 212 g/mol. The minimum atomic E-state index is -0.167. The summed E-state index contributed by atoms with van der Waals surface area (Å²) in [6, 6.07) is 0. The van der Waals surface area contributed by atoms with Gasteiger partial charge in [0.25, 0.3) is 0 Å². The van der Waals surface area contributed by atoms with Crippen LogP contribution in [-0.2, 0) is 9.53 Å². The third-order valence-corrected chi connectivity index (χ3v) is 4.23. The van der Waals surface area contributed by atoms with Crippen LogP contribution < -0.4 is 0 Å². The molecule has 0 aromatic rings. The minimum Gasteiger partial charge on any atom is -0.469 e. The molecular formula is C13H24O2. The molecular weight excluding hydrogens is 188 g/mol. The van der Waals surface area contributed by atoms with Crippen LogP contribution in [-0.4, -0.2) is 13.1 Å². The number of rotatable bonds is 3. The highest BCUT2D eigenvalue weighted by molar-refractivity contribution is 5.76. The predicted molar refractivity (Wildman–Crippen MR) is 61.5 cm³/mol. The van der Waals surface area contributed by atoms with Crippen molar-refractivity contribution in [3.05, 3.63) is 0 Å². The van der Waals surface area contributed by atoms with Crippen LogP contribution in [0, 0.1) is 17.3 Å². The lowest BCUT2D eigenvalue weighted by molar-refractivity contribution is -0.156. The van der Waals surface area contributed by atoms with E-state index in [0.717, 1.165) is 31.1 Å². The van der Waals surface area contributed by atoms with E-state index in [2.05, 4.69) is 20.8 Å². The number of methoxy groups -OCH3 is 1. The maximum Gasteiger partial charge on any atom is 0.311 e. The van der Waals surface area contributed by atoms with Gasteiger partial charge >= 0.3 is 5.97 Å². The summed E-state index contributed by atoms with van der Waals surface area (Å²) >= 11 is 0. The van der Waals surface area contributed by atoms with Gasteiger partial charge in [0.05, 0.1) is 12.5 Å². The molecule has 2 heteroatoms. The fourth-order valence-electron chi connectivity index (χ4n) is 2.78. The zero-order valence-corrected chi connectivity index (χ0v) is 10.5. The molecule has 0 heterocycles. The van der Waals surface area contributed by atoms with Crippen molar-refractivity contribution in [2.45, 2.75) is 52.9 Å². The van der Waals surface area contributed by atoms with E-state index in [1.807, 2.05) is 0 Å². The lowest BCUT2D eigenvalue weighted by Crippen LogP contribution is -2.36. The van der Waals surface area contributed by atoms with Crippen molar-refractivity contribution in [2.75, 3.05) is 7.11 Å². The Labute approximate surface area is 93.4 Å². The molecule has 0 atom stereocenters. The SMILES string of the molecule is CCC1(C(=O)OC)CCC(C(C)C)CC1. The van der Waals surface area contributed by atoms with E-state index in [0.29, 0.717) is 0 Å². The fraction of sp³-hybridized carbons (Fsp3) is 0.923. The second kappa shape index (κ2) is 5.00. The zero-order valence-electron chi connectivity index (χ0n) is 10.5. The molecule has 0 amide bonds. The second-order valence-electron chi connectivity index (χ2n) is 5.21. The first-order valence-electron chi connectivity index (χ1n) is 6.14. The van der Waals surface area contributed by atoms with Crippen molar-refractivity contribution in [3.63, 3.8) is 0 Å². The van der Waals surface area contributed by atoms with Crippen molar-refractivity contribution < 1.29 is 9.53 Å². The Hall–Kier alpha value is -0.530. The minimum absolute atomic E-state index is 0.00667. The van der Waals surface area contributed by atoms with Gasteiger partial charge in [-0.2, -0.15) is 0 Å². The largest absolute Gasteiger partial charge is 0.469 e. The van der Waals surface area contributed by atoms with Crippen LogP contribution in [0.1, 0.15) is 52.9 Å². The third kappa shape index (κ3) is 2.53. The summed E-state index contributed by atoms with van der Waals surface area (Å²) in [5.74, 6) is 1.55. The van der Waals surface area contributed by atoms with E-state index < -0.39 is 0 Å². The van der Waals surface area contributed by atoms with E-state index in [1.54, 1.807) is 0 Å². The molecule has 2 nitrogen and oxygen atoms in total. The molecule has 88 valence electrons. The zero-order chi connectivity index (χ0) is 11.5.